The van der Waals surface area contributed by atoms with E-state index in [0.717, 1.165) is 6.42 Å². The van der Waals surface area contributed by atoms with E-state index in [4.69, 9.17) is 0 Å². The van der Waals surface area contributed by atoms with E-state index in [1.807, 2.05) is 12.2 Å². The van der Waals surface area contributed by atoms with Crippen molar-refractivity contribution in [3.8, 4) is 0 Å². The molecule has 0 saturated heterocycles. The standard InChI is InChI=1S/C5H5.3BrH.Zr/c1-2-4-5-3-1;;;;/h1-3H,4H2;3*1H;/q-1;;;;. The molecule has 0 amide bonds. The third-order valence-corrected chi connectivity index (χ3v) is 0.586. The van der Waals surface area contributed by atoms with Crippen molar-refractivity contribution < 1.29 is 26.2 Å². The zero-order valence-electron chi connectivity index (χ0n) is 4.66. The Morgan fingerprint density at radius 2 is 1.67 bits per heavy atom. The smallest absolute Gasteiger partial charge is 0 e. The van der Waals surface area contributed by atoms with E-state index in [9.17, 15) is 0 Å². The van der Waals surface area contributed by atoms with E-state index >= 15 is 0 Å². The number of hydrogen-bond acceptors (Lipinski definition) is 0. The van der Waals surface area contributed by atoms with Crippen LogP contribution in [-0.2, 0) is 26.2 Å². The molecule has 4 heteroatoms. The van der Waals surface area contributed by atoms with Crippen LogP contribution in [0.2, 0.25) is 0 Å². The second-order valence-corrected chi connectivity index (χ2v) is 1.00. The Morgan fingerprint density at radius 3 is 1.78 bits per heavy atom. The van der Waals surface area contributed by atoms with Gasteiger partial charge in [-0.05, 0) is 0 Å². The van der Waals surface area contributed by atoms with Gasteiger partial charge in [0, 0.05) is 26.2 Å². The molecule has 0 bridgehead atoms. The molecule has 54 valence electrons. The first kappa shape index (κ1) is 22.4. The maximum absolute atomic E-state index is 2.99. The molecule has 0 aromatic rings. The zero-order chi connectivity index (χ0) is 3.54. The van der Waals surface area contributed by atoms with Crippen molar-refractivity contribution >= 4 is 50.9 Å². The minimum atomic E-state index is 0. The van der Waals surface area contributed by atoms with Crippen LogP contribution in [0.4, 0.5) is 0 Å². The van der Waals surface area contributed by atoms with Gasteiger partial charge in [-0.2, -0.15) is 6.08 Å². The second kappa shape index (κ2) is 16.4. The average molecular weight is 399 g/mol. The average Bonchev–Trinajstić information content (AvgIpc) is 1.76. The van der Waals surface area contributed by atoms with Crippen molar-refractivity contribution in [3.63, 3.8) is 0 Å². The molecule has 0 fully saturated rings. The van der Waals surface area contributed by atoms with Gasteiger partial charge in [-0.1, -0.05) is 0 Å². The van der Waals surface area contributed by atoms with E-state index in [0.29, 0.717) is 0 Å². The van der Waals surface area contributed by atoms with Crippen molar-refractivity contribution in [2.75, 3.05) is 0 Å². The minimum absolute atomic E-state index is 0. The summed E-state index contributed by atoms with van der Waals surface area (Å²) in [4.78, 5) is 0. The second-order valence-electron chi connectivity index (χ2n) is 1.00. The summed E-state index contributed by atoms with van der Waals surface area (Å²) in [6.45, 7) is 0. The quantitative estimate of drug-likeness (QED) is 0.550. The third-order valence-electron chi connectivity index (χ3n) is 0.586. The summed E-state index contributed by atoms with van der Waals surface area (Å²) in [5, 5.41) is 0. The molecule has 0 aromatic carbocycles. The van der Waals surface area contributed by atoms with Gasteiger partial charge in [0.15, 0.2) is 0 Å². The number of hydrogen-bond donors (Lipinski definition) is 0. The fourth-order valence-corrected chi connectivity index (χ4v) is 0.340. The Bertz CT molecular complexity index is 70.3. The number of allylic oxidation sites excluding steroid dienone is 4. The largest absolute Gasteiger partial charge is 0.273 e. The summed E-state index contributed by atoms with van der Waals surface area (Å²) in [7, 11) is 0. The molecule has 0 nitrogen and oxygen atoms in total. The fraction of sp³-hybridized carbons (Fsp3) is 0.200. The van der Waals surface area contributed by atoms with Crippen molar-refractivity contribution in [2.45, 2.75) is 6.42 Å². The van der Waals surface area contributed by atoms with Crippen LogP contribution in [0.1, 0.15) is 6.42 Å². The fourth-order valence-electron chi connectivity index (χ4n) is 0.340. The van der Waals surface area contributed by atoms with E-state index in [-0.39, 0.29) is 77.1 Å². The van der Waals surface area contributed by atoms with Gasteiger partial charge in [0.25, 0.3) is 0 Å². The summed E-state index contributed by atoms with van der Waals surface area (Å²) >= 11 is 0. The van der Waals surface area contributed by atoms with E-state index < -0.39 is 0 Å². The van der Waals surface area contributed by atoms with Crippen molar-refractivity contribution in [3.05, 3.63) is 24.3 Å². The Kier molecular flexibility index (Phi) is 40.9. The molecule has 1 aliphatic carbocycles. The van der Waals surface area contributed by atoms with Crippen LogP contribution in [0.5, 0.6) is 0 Å². The first-order chi connectivity index (χ1) is 2.50. The predicted molar refractivity (Wildman–Crippen MR) is 52.5 cm³/mol. The Hall–Kier alpha value is 1.80. The Labute approximate surface area is 107 Å². The molecule has 0 N–H and O–H groups in total. The summed E-state index contributed by atoms with van der Waals surface area (Å²) < 4.78 is 0. The maximum atomic E-state index is 2.99. The van der Waals surface area contributed by atoms with E-state index in [1.54, 1.807) is 0 Å². The van der Waals surface area contributed by atoms with Crippen molar-refractivity contribution in [2.24, 2.45) is 0 Å². The summed E-state index contributed by atoms with van der Waals surface area (Å²) in [6, 6.07) is 0. The molecule has 0 spiro atoms. The van der Waals surface area contributed by atoms with Crippen LogP contribution in [-0.4, -0.2) is 0 Å². The molecule has 0 radical (unpaired) electrons. The summed E-state index contributed by atoms with van der Waals surface area (Å²) in [6.07, 6.45) is 10.0. The van der Waals surface area contributed by atoms with Gasteiger partial charge < -0.3 is 0 Å². The molecule has 1 aliphatic rings. The topological polar surface area (TPSA) is 0 Å². The monoisotopic (exact) mass is 395 g/mol. The van der Waals surface area contributed by atoms with Gasteiger partial charge in [-0.3, -0.25) is 6.08 Å². The third kappa shape index (κ3) is 12.9. The van der Waals surface area contributed by atoms with Gasteiger partial charge in [-0.25, -0.2) is 12.2 Å². The normalized spacial score (nSPS) is 9.78. The number of rotatable bonds is 0. The summed E-state index contributed by atoms with van der Waals surface area (Å²) in [5.41, 5.74) is 0. The van der Waals surface area contributed by atoms with Crippen molar-refractivity contribution in [1.29, 1.82) is 0 Å². The molecule has 0 aromatic heterocycles. The minimum Gasteiger partial charge on any atom is -0.273 e. The first-order valence-electron chi connectivity index (χ1n) is 1.72. The first-order valence-corrected chi connectivity index (χ1v) is 1.72. The van der Waals surface area contributed by atoms with Crippen LogP contribution in [0.25, 0.3) is 0 Å². The molecule has 9 heavy (non-hydrogen) atoms. The van der Waals surface area contributed by atoms with Gasteiger partial charge >= 0.3 is 0 Å². The molecule has 1 rings (SSSR count). The molecular weight excluding hydrogens is 391 g/mol. The Morgan fingerprint density at radius 1 is 1.11 bits per heavy atom. The van der Waals surface area contributed by atoms with Crippen LogP contribution in [0.15, 0.2) is 18.2 Å². The molecule has 0 aliphatic heterocycles. The predicted octanol–water partition coefficient (Wildman–Crippen LogP) is 3.04. The Balaban J connectivity index is -0.0000000312. The molecule has 0 unspecified atom stereocenters. The van der Waals surface area contributed by atoms with Crippen LogP contribution in [0.3, 0.4) is 0 Å². The molecule has 0 atom stereocenters. The van der Waals surface area contributed by atoms with E-state index in [1.165, 1.54) is 0 Å². The molecule has 0 heterocycles. The van der Waals surface area contributed by atoms with Gasteiger partial charge in [0.2, 0.25) is 0 Å². The zero-order valence-corrected chi connectivity index (χ0v) is 12.3. The van der Waals surface area contributed by atoms with Crippen LogP contribution < -0.4 is 0 Å². The van der Waals surface area contributed by atoms with Gasteiger partial charge in [0.1, 0.15) is 0 Å². The van der Waals surface area contributed by atoms with Crippen LogP contribution in [0, 0.1) is 6.08 Å². The van der Waals surface area contributed by atoms with Crippen LogP contribution >= 0.6 is 50.9 Å². The summed E-state index contributed by atoms with van der Waals surface area (Å²) in [5.74, 6) is 0. The van der Waals surface area contributed by atoms with E-state index in [2.05, 4.69) is 12.2 Å². The van der Waals surface area contributed by atoms with Gasteiger partial charge in [-0.15, -0.1) is 57.4 Å². The maximum Gasteiger partial charge on any atom is 0 e. The van der Waals surface area contributed by atoms with Gasteiger partial charge in [0.05, 0.1) is 0 Å². The van der Waals surface area contributed by atoms with Crippen molar-refractivity contribution in [1.82, 2.24) is 0 Å². The number of halogens is 3. The SMILES string of the molecule is Br.Br.Br.[C-]1=CC=CC1.[Zr]. The molecular formula is C5H8Br3Zr-. The molecule has 0 saturated carbocycles.